The third-order valence-electron chi connectivity index (χ3n) is 15.8. The molecule has 358 valence electrons. The van der Waals surface area contributed by atoms with Gasteiger partial charge in [-0.3, -0.25) is 0 Å². The summed E-state index contributed by atoms with van der Waals surface area (Å²) in [4.78, 5) is 5.02. The summed E-state index contributed by atoms with van der Waals surface area (Å²) in [6.07, 6.45) is 0. The summed E-state index contributed by atoms with van der Waals surface area (Å²) in [5.74, 6) is 0. The van der Waals surface area contributed by atoms with Crippen molar-refractivity contribution in [2.24, 2.45) is 0 Å². The lowest BCUT2D eigenvalue weighted by Crippen LogP contribution is -2.37. The van der Waals surface area contributed by atoms with Crippen LogP contribution >= 0.6 is 0 Å². The molecule has 0 N–H and O–H groups in total. The van der Waals surface area contributed by atoms with Crippen molar-refractivity contribution in [2.45, 2.75) is 98.2 Å². The first-order valence-electron chi connectivity index (χ1n) is 25.9. The molecule has 0 atom stereocenters. The van der Waals surface area contributed by atoms with E-state index in [1.165, 1.54) is 94.3 Å². The lowest BCUT2D eigenvalue weighted by molar-refractivity contribution is 0.590. The molecule has 9 aromatic rings. The zero-order valence-electron chi connectivity index (χ0n) is 44.4. The number of nitrogens with zero attached hydrogens (tertiary/aromatic N) is 2. The maximum atomic E-state index is 2.60. The minimum atomic E-state index is -1.55. The summed E-state index contributed by atoms with van der Waals surface area (Å²) in [6, 6.07) is 74.6. The molecule has 1 spiro atoms. The first-order valence-corrected chi connectivity index (χ1v) is 29.4. The topological polar surface area (TPSA) is 6.48 Å². The number of hydrogen-bond acceptors (Lipinski definition) is 2. The number of rotatable bonds is 8. The highest BCUT2D eigenvalue weighted by molar-refractivity contribution is 6.88. The van der Waals surface area contributed by atoms with Crippen molar-refractivity contribution in [2.75, 3.05) is 9.80 Å². The van der Waals surface area contributed by atoms with Crippen LogP contribution in [0.1, 0.15) is 91.6 Å². The molecule has 0 aliphatic heterocycles. The highest BCUT2D eigenvalue weighted by Gasteiger charge is 2.53. The molecule has 0 bridgehead atoms. The maximum Gasteiger partial charge on any atom is 0.0775 e. The maximum absolute atomic E-state index is 2.60. The second-order valence-electron chi connectivity index (χ2n) is 23.6. The van der Waals surface area contributed by atoms with E-state index in [0.29, 0.717) is 0 Å². The Morgan fingerprint density at radius 2 is 0.819 bits per heavy atom. The monoisotopic (exact) mass is 953 g/mol. The quantitative estimate of drug-likeness (QED) is 0.140. The van der Waals surface area contributed by atoms with E-state index in [4.69, 9.17) is 0 Å². The van der Waals surface area contributed by atoms with Crippen LogP contribution in [-0.4, -0.2) is 8.07 Å². The molecule has 0 saturated heterocycles. The Hall–Kier alpha value is -7.20. The fraction of sp³-hybridized carbons (Fsp3) is 0.217. The van der Waals surface area contributed by atoms with Crippen LogP contribution in [-0.2, 0) is 16.2 Å². The molecular weight excluding hydrogens is 885 g/mol. The smallest absolute Gasteiger partial charge is 0.0775 e. The van der Waals surface area contributed by atoms with Crippen molar-refractivity contribution in [3.8, 4) is 33.4 Å². The molecule has 2 nitrogen and oxygen atoms in total. The number of anilines is 6. The average Bonchev–Trinajstić information content (AvgIpc) is 3.82. The molecule has 72 heavy (non-hydrogen) atoms. The van der Waals surface area contributed by atoms with Crippen LogP contribution in [0.4, 0.5) is 34.1 Å². The zero-order chi connectivity index (χ0) is 50.5. The second kappa shape index (κ2) is 17.2. The van der Waals surface area contributed by atoms with Crippen molar-refractivity contribution in [3.05, 3.63) is 244 Å². The van der Waals surface area contributed by atoms with Crippen LogP contribution < -0.4 is 15.0 Å². The van der Waals surface area contributed by atoms with Gasteiger partial charge in [0.1, 0.15) is 0 Å². The van der Waals surface area contributed by atoms with Crippen LogP contribution in [0.15, 0.2) is 194 Å². The highest BCUT2D eigenvalue weighted by atomic mass is 28.3. The van der Waals surface area contributed by atoms with Gasteiger partial charge in [0.2, 0.25) is 0 Å². The van der Waals surface area contributed by atoms with Gasteiger partial charge >= 0.3 is 0 Å². The molecule has 2 aliphatic rings. The zero-order valence-corrected chi connectivity index (χ0v) is 45.4. The Morgan fingerprint density at radius 3 is 1.32 bits per heavy atom. The van der Waals surface area contributed by atoms with Gasteiger partial charge in [0, 0.05) is 34.0 Å². The predicted octanol–water partition coefficient (Wildman–Crippen LogP) is 18.7. The highest BCUT2D eigenvalue weighted by Crippen LogP contribution is 2.66. The molecule has 0 fully saturated rings. The summed E-state index contributed by atoms with van der Waals surface area (Å²) in [5, 5.41) is 1.46. The van der Waals surface area contributed by atoms with Crippen LogP contribution in [0, 0.1) is 20.8 Å². The molecule has 0 aromatic heterocycles. The molecular formula is C69H68N2Si. The standard InChI is InChI=1S/C69H68N2Si/c1-45-25-31-52(32-26-45)71(53-35-29-49(30-36-53)68(7,8)9)64-44-63-65(47(3)66(64)56-20-14-13-19-46(56)2)59-42-39-54(43-62(59)69(63)60-23-17-15-21-57(60)58-22-16-18-24-61(58)69)70(50-33-27-48(28-34-50)67(4,5)6)51-37-40-55(41-38-51)72(10,11)12/h13-44H,1-12H3. The van der Waals surface area contributed by atoms with Gasteiger partial charge in [-0.2, -0.15) is 0 Å². The molecule has 0 unspecified atom stereocenters. The fourth-order valence-electron chi connectivity index (χ4n) is 11.9. The summed E-state index contributed by atoms with van der Waals surface area (Å²) in [7, 11) is -1.55. The van der Waals surface area contributed by atoms with Gasteiger partial charge in [-0.25, -0.2) is 0 Å². The molecule has 9 aromatic carbocycles. The summed E-state index contributed by atoms with van der Waals surface area (Å²) < 4.78 is 0. The van der Waals surface area contributed by atoms with Gasteiger partial charge < -0.3 is 9.80 Å². The predicted molar refractivity (Wildman–Crippen MR) is 312 cm³/mol. The van der Waals surface area contributed by atoms with E-state index in [1.54, 1.807) is 0 Å². The van der Waals surface area contributed by atoms with E-state index in [1.807, 2.05) is 0 Å². The molecule has 0 radical (unpaired) electrons. The Kier molecular flexibility index (Phi) is 11.3. The van der Waals surface area contributed by atoms with Gasteiger partial charge in [-0.1, -0.05) is 199 Å². The van der Waals surface area contributed by atoms with Gasteiger partial charge in [0.05, 0.1) is 19.2 Å². The number of aryl methyl sites for hydroxylation is 2. The van der Waals surface area contributed by atoms with Gasteiger partial charge in [-0.15, -0.1) is 0 Å². The van der Waals surface area contributed by atoms with Gasteiger partial charge in [0.15, 0.2) is 0 Å². The number of hydrogen-bond donors (Lipinski definition) is 0. The van der Waals surface area contributed by atoms with Crippen molar-refractivity contribution >= 4 is 47.4 Å². The van der Waals surface area contributed by atoms with Crippen LogP contribution in [0.2, 0.25) is 19.6 Å². The van der Waals surface area contributed by atoms with E-state index < -0.39 is 13.5 Å². The van der Waals surface area contributed by atoms with Gasteiger partial charge in [0.25, 0.3) is 0 Å². The molecule has 2 aliphatic carbocycles. The minimum absolute atomic E-state index is 0.0207. The summed E-state index contributed by atoms with van der Waals surface area (Å²) >= 11 is 0. The van der Waals surface area contributed by atoms with Crippen molar-refractivity contribution < 1.29 is 0 Å². The molecule has 0 saturated carbocycles. The molecule has 3 heteroatoms. The molecule has 0 amide bonds. The van der Waals surface area contributed by atoms with E-state index >= 15 is 0 Å². The van der Waals surface area contributed by atoms with Crippen LogP contribution in [0.25, 0.3) is 33.4 Å². The van der Waals surface area contributed by atoms with Crippen LogP contribution in [0.3, 0.4) is 0 Å². The Labute approximate surface area is 430 Å². The van der Waals surface area contributed by atoms with E-state index in [-0.39, 0.29) is 10.8 Å². The number of fused-ring (bicyclic) bond motifs is 10. The fourth-order valence-corrected chi connectivity index (χ4v) is 13.0. The Morgan fingerprint density at radius 1 is 0.375 bits per heavy atom. The van der Waals surface area contributed by atoms with E-state index in [0.717, 1.165) is 28.4 Å². The van der Waals surface area contributed by atoms with Crippen molar-refractivity contribution in [3.63, 3.8) is 0 Å². The largest absolute Gasteiger partial charge is 0.310 e. The van der Waals surface area contributed by atoms with E-state index in [2.05, 4.69) is 286 Å². The summed E-state index contributed by atoms with van der Waals surface area (Å²) in [6.45, 7) is 27.9. The Balaban J connectivity index is 1.24. The normalized spacial score (nSPS) is 13.4. The second-order valence-corrected chi connectivity index (χ2v) is 28.7. The third-order valence-corrected chi connectivity index (χ3v) is 17.8. The van der Waals surface area contributed by atoms with Crippen molar-refractivity contribution in [1.82, 2.24) is 0 Å². The lowest BCUT2D eigenvalue weighted by atomic mass is 9.70. The van der Waals surface area contributed by atoms with Crippen molar-refractivity contribution in [1.29, 1.82) is 0 Å². The lowest BCUT2D eigenvalue weighted by Gasteiger charge is -2.35. The number of benzene rings is 9. The Bertz CT molecular complexity index is 3420. The van der Waals surface area contributed by atoms with Gasteiger partial charge in [-0.05, 0) is 171 Å². The SMILES string of the molecule is Cc1ccc(N(c2ccc(C(C)(C)C)cc2)c2cc3c(c(C)c2-c2ccccc2C)-c2ccc(N(c4ccc(C(C)(C)C)cc4)c4ccc([Si](C)(C)C)cc4)cc2C32c3ccccc3-c3ccccc32)cc1. The summed E-state index contributed by atoms with van der Waals surface area (Å²) in [5.41, 5.74) is 25.7. The molecule has 11 rings (SSSR count). The van der Waals surface area contributed by atoms with E-state index in [9.17, 15) is 0 Å². The minimum Gasteiger partial charge on any atom is -0.310 e. The molecule has 0 heterocycles. The average molecular weight is 953 g/mol. The first kappa shape index (κ1) is 47.1. The first-order chi connectivity index (χ1) is 34.4. The third kappa shape index (κ3) is 7.67. The van der Waals surface area contributed by atoms with Crippen LogP contribution in [0.5, 0.6) is 0 Å².